The molecule has 1 aliphatic carbocycles. The van der Waals surface area contributed by atoms with Gasteiger partial charge in [0, 0.05) is 45.2 Å². The van der Waals surface area contributed by atoms with Crippen molar-refractivity contribution in [1.29, 1.82) is 0 Å². The van der Waals surface area contributed by atoms with Crippen molar-refractivity contribution in [1.82, 2.24) is 20.4 Å². The standard InChI is InChI=1S/C26H41N5O.HI/c1-20-11-14-30(15-12-20)18-22-9-7-21(8-10-22)17-28-26(27-2)29-24-13-16-31(19-24)25(32)23-5-3-4-6-23;/h7-10,20,23-24H,3-6,11-19H2,1-2H3,(H2,27,28,29);1H. The lowest BCUT2D eigenvalue weighted by atomic mass is 9.99. The first kappa shape index (κ1) is 26.3. The number of rotatable bonds is 6. The number of guanidine groups is 1. The summed E-state index contributed by atoms with van der Waals surface area (Å²) in [5, 5.41) is 6.96. The summed E-state index contributed by atoms with van der Waals surface area (Å²) < 4.78 is 0. The molecule has 184 valence electrons. The van der Waals surface area contributed by atoms with E-state index in [1.165, 1.54) is 49.9 Å². The molecule has 1 atom stereocenters. The maximum absolute atomic E-state index is 12.7. The van der Waals surface area contributed by atoms with Gasteiger partial charge in [0.15, 0.2) is 5.96 Å². The van der Waals surface area contributed by atoms with E-state index < -0.39 is 0 Å². The predicted molar refractivity (Wildman–Crippen MR) is 146 cm³/mol. The van der Waals surface area contributed by atoms with Crippen molar-refractivity contribution in [2.45, 2.75) is 71.0 Å². The Labute approximate surface area is 217 Å². The van der Waals surface area contributed by atoms with Gasteiger partial charge in [0.05, 0.1) is 0 Å². The quantitative estimate of drug-likeness (QED) is 0.310. The number of nitrogens with zero attached hydrogens (tertiary/aromatic N) is 3. The summed E-state index contributed by atoms with van der Waals surface area (Å²) in [4.78, 5) is 21.7. The Morgan fingerprint density at radius 3 is 2.33 bits per heavy atom. The van der Waals surface area contributed by atoms with Crippen LogP contribution >= 0.6 is 24.0 Å². The first-order chi connectivity index (χ1) is 15.6. The highest BCUT2D eigenvalue weighted by molar-refractivity contribution is 14.0. The molecule has 1 aromatic carbocycles. The highest BCUT2D eigenvalue weighted by Crippen LogP contribution is 2.27. The van der Waals surface area contributed by atoms with Gasteiger partial charge in [0.25, 0.3) is 0 Å². The zero-order chi connectivity index (χ0) is 22.3. The molecular weight excluding hydrogens is 525 g/mol. The molecule has 0 aromatic heterocycles. The van der Waals surface area contributed by atoms with Gasteiger partial charge in [0.2, 0.25) is 5.91 Å². The van der Waals surface area contributed by atoms with E-state index in [1.54, 1.807) is 0 Å². The number of benzene rings is 1. The second kappa shape index (κ2) is 12.9. The number of likely N-dealkylation sites (tertiary alicyclic amines) is 2. The second-order valence-corrected chi connectivity index (χ2v) is 10.1. The van der Waals surface area contributed by atoms with Gasteiger partial charge in [-0.3, -0.25) is 14.7 Å². The number of hydrogen-bond donors (Lipinski definition) is 2. The van der Waals surface area contributed by atoms with E-state index in [4.69, 9.17) is 0 Å². The molecule has 2 saturated heterocycles. The molecule has 1 saturated carbocycles. The van der Waals surface area contributed by atoms with Crippen molar-refractivity contribution in [2.24, 2.45) is 16.8 Å². The molecule has 3 aliphatic rings. The minimum atomic E-state index is 0. The number of carbonyl (C=O) groups excluding carboxylic acids is 1. The Balaban J connectivity index is 0.00000306. The van der Waals surface area contributed by atoms with Crippen molar-refractivity contribution in [3.05, 3.63) is 35.4 Å². The Morgan fingerprint density at radius 1 is 1.00 bits per heavy atom. The maximum atomic E-state index is 12.7. The van der Waals surface area contributed by atoms with Crippen LogP contribution in [0.25, 0.3) is 0 Å². The average molecular weight is 568 g/mol. The third-order valence-corrected chi connectivity index (χ3v) is 7.53. The molecule has 2 heterocycles. The zero-order valence-electron chi connectivity index (χ0n) is 20.4. The number of halogens is 1. The predicted octanol–water partition coefficient (Wildman–Crippen LogP) is 3.99. The van der Waals surface area contributed by atoms with Gasteiger partial charge < -0.3 is 15.5 Å². The second-order valence-electron chi connectivity index (χ2n) is 10.1. The first-order valence-corrected chi connectivity index (χ1v) is 12.7. The van der Waals surface area contributed by atoms with Crippen molar-refractivity contribution < 1.29 is 4.79 Å². The smallest absolute Gasteiger partial charge is 0.225 e. The lowest BCUT2D eigenvalue weighted by Crippen LogP contribution is -2.45. The number of aliphatic imine (C=N–C) groups is 1. The van der Waals surface area contributed by atoms with Gasteiger partial charge in [-0.1, -0.05) is 44.0 Å². The minimum absolute atomic E-state index is 0. The third kappa shape index (κ3) is 7.57. The first-order valence-electron chi connectivity index (χ1n) is 12.7. The zero-order valence-corrected chi connectivity index (χ0v) is 22.7. The minimum Gasteiger partial charge on any atom is -0.352 e. The SMILES string of the molecule is CN=C(NCc1ccc(CN2CCC(C)CC2)cc1)NC1CCN(C(=O)C2CCCC2)C1.I. The van der Waals surface area contributed by atoms with Crippen LogP contribution in [0.3, 0.4) is 0 Å². The monoisotopic (exact) mass is 567 g/mol. The molecule has 4 rings (SSSR count). The van der Waals surface area contributed by atoms with Gasteiger partial charge in [0.1, 0.15) is 0 Å². The van der Waals surface area contributed by atoms with Crippen LogP contribution in [0, 0.1) is 11.8 Å². The van der Waals surface area contributed by atoms with Gasteiger partial charge >= 0.3 is 0 Å². The average Bonchev–Trinajstić information content (AvgIpc) is 3.51. The Bertz CT molecular complexity index is 769. The van der Waals surface area contributed by atoms with Crippen LogP contribution in [-0.4, -0.2) is 60.9 Å². The van der Waals surface area contributed by atoms with Crippen LogP contribution in [0.4, 0.5) is 0 Å². The van der Waals surface area contributed by atoms with E-state index in [9.17, 15) is 4.79 Å². The maximum Gasteiger partial charge on any atom is 0.225 e. The molecule has 1 amide bonds. The molecule has 7 heteroatoms. The molecule has 2 aliphatic heterocycles. The summed E-state index contributed by atoms with van der Waals surface area (Å²) in [5.74, 6) is 2.33. The molecule has 0 radical (unpaired) electrons. The summed E-state index contributed by atoms with van der Waals surface area (Å²) in [6, 6.07) is 9.24. The molecular formula is C26H42IN5O. The Kier molecular flexibility index (Phi) is 10.3. The summed E-state index contributed by atoms with van der Waals surface area (Å²) in [6.07, 6.45) is 8.20. The number of hydrogen-bond acceptors (Lipinski definition) is 3. The van der Waals surface area contributed by atoms with E-state index in [2.05, 4.69) is 56.6 Å². The van der Waals surface area contributed by atoms with Crippen LogP contribution in [0.2, 0.25) is 0 Å². The van der Waals surface area contributed by atoms with Crippen LogP contribution < -0.4 is 10.6 Å². The van der Waals surface area contributed by atoms with E-state index in [-0.39, 0.29) is 35.9 Å². The van der Waals surface area contributed by atoms with Crippen molar-refractivity contribution in [3.63, 3.8) is 0 Å². The van der Waals surface area contributed by atoms with Crippen molar-refractivity contribution >= 4 is 35.8 Å². The van der Waals surface area contributed by atoms with Crippen LogP contribution in [0.1, 0.15) is 63.0 Å². The number of piperidine rings is 1. The van der Waals surface area contributed by atoms with Gasteiger partial charge in [-0.05, 0) is 62.2 Å². The van der Waals surface area contributed by atoms with Crippen molar-refractivity contribution in [2.75, 3.05) is 33.2 Å². The molecule has 0 bridgehead atoms. The van der Waals surface area contributed by atoms with E-state index in [0.717, 1.165) is 57.3 Å². The largest absolute Gasteiger partial charge is 0.352 e. The summed E-state index contributed by atoms with van der Waals surface area (Å²) >= 11 is 0. The Hall–Kier alpha value is -1.35. The number of carbonyl (C=O) groups is 1. The molecule has 33 heavy (non-hydrogen) atoms. The van der Waals surface area contributed by atoms with Gasteiger partial charge in [-0.2, -0.15) is 0 Å². The molecule has 2 N–H and O–H groups in total. The Morgan fingerprint density at radius 2 is 1.67 bits per heavy atom. The molecule has 1 unspecified atom stereocenters. The lowest BCUT2D eigenvalue weighted by Gasteiger charge is -2.30. The van der Waals surface area contributed by atoms with Crippen molar-refractivity contribution in [3.8, 4) is 0 Å². The van der Waals surface area contributed by atoms with Crippen LogP contribution in [-0.2, 0) is 17.9 Å². The molecule has 6 nitrogen and oxygen atoms in total. The summed E-state index contributed by atoms with van der Waals surface area (Å²) in [6.45, 7) is 8.26. The fourth-order valence-electron chi connectivity index (χ4n) is 5.32. The molecule has 1 aromatic rings. The fourth-order valence-corrected chi connectivity index (χ4v) is 5.32. The van der Waals surface area contributed by atoms with Crippen LogP contribution in [0.5, 0.6) is 0 Å². The fraction of sp³-hybridized carbons (Fsp3) is 0.692. The van der Waals surface area contributed by atoms with E-state index in [0.29, 0.717) is 5.91 Å². The topological polar surface area (TPSA) is 60.0 Å². The highest BCUT2D eigenvalue weighted by atomic mass is 127. The van der Waals surface area contributed by atoms with E-state index in [1.807, 2.05) is 7.05 Å². The van der Waals surface area contributed by atoms with Gasteiger partial charge in [-0.25, -0.2) is 0 Å². The third-order valence-electron chi connectivity index (χ3n) is 7.53. The normalized spacial score (nSPS) is 22.9. The highest BCUT2D eigenvalue weighted by Gasteiger charge is 2.32. The number of nitrogens with one attached hydrogen (secondary N) is 2. The molecule has 0 spiro atoms. The molecule has 3 fully saturated rings. The van der Waals surface area contributed by atoms with Crippen LogP contribution in [0.15, 0.2) is 29.3 Å². The summed E-state index contributed by atoms with van der Waals surface area (Å²) in [7, 11) is 1.81. The van der Waals surface area contributed by atoms with Gasteiger partial charge in [-0.15, -0.1) is 24.0 Å². The lowest BCUT2D eigenvalue weighted by molar-refractivity contribution is -0.134. The number of amides is 1. The summed E-state index contributed by atoms with van der Waals surface area (Å²) in [5.41, 5.74) is 2.65. The van der Waals surface area contributed by atoms with E-state index >= 15 is 0 Å².